The number of rotatable bonds is 3. The molecule has 0 spiro atoms. The number of carboxylic acid groups (broad SMARTS) is 1. The number of halogens is 5. The predicted octanol–water partition coefficient (Wildman–Crippen LogP) is 5.95. The van der Waals surface area contributed by atoms with Crippen molar-refractivity contribution in [3.63, 3.8) is 0 Å². The van der Waals surface area contributed by atoms with Crippen molar-refractivity contribution >= 4 is 46.2 Å². The molecule has 0 amide bonds. The third-order valence-corrected chi connectivity index (χ3v) is 6.39. The van der Waals surface area contributed by atoms with Crippen LogP contribution in [0.4, 0.5) is 13.2 Å². The van der Waals surface area contributed by atoms with E-state index in [0.29, 0.717) is 16.0 Å². The zero-order valence-electron chi connectivity index (χ0n) is 13.9. The Bertz CT molecular complexity index is 948. The molecule has 1 atom stereocenters. The van der Waals surface area contributed by atoms with Gasteiger partial charge in [0.15, 0.2) is 0 Å². The Morgan fingerprint density at radius 2 is 1.85 bits per heavy atom. The number of thiophene rings is 1. The molecule has 0 saturated carbocycles. The van der Waals surface area contributed by atoms with Gasteiger partial charge < -0.3 is 9.94 Å². The van der Waals surface area contributed by atoms with Crippen LogP contribution >= 0.6 is 34.5 Å². The molecule has 0 radical (unpaired) electrons. The number of aromatic carboxylic acids is 1. The van der Waals surface area contributed by atoms with Gasteiger partial charge in [-0.1, -0.05) is 28.4 Å². The van der Waals surface area contributed by atoms with Crippen LogP contribution in [0.3, 0.4) is 0 Å². The summed E-state index contributed by atoms with van der Waals surface area (Å²) < 4.78 is 42.0. The smallest absolute Gasteiger partial charge is 0.435 e. The van der Waals surface area contributed by atoms with Gasteiger partial charge in [0.1, 0.15) is 10.6 Å². The molecular weight excluding hydrogens is 426 g/mol. The molecule has 144 valence electrons. The summed E-state index contributed by atoms with van der Waals surface area (Å²) in [5.41, 5.74) is -2.10. The van der Waals surface area contributed by atoms with Crippen LogP contribution in [0.1, 0.15) is 37.7 Å². The number of oxime groups is 1. The second-order valence-electron chi connectivity index (χ2n) is 6.12. The van der Waals surface area contributed by atoms with E-state index in [4.69, 9.17) is 33.1 Å². The van der Waals surface area contributed by atoms with Gasteiger partial charge in [-0.25, -0.2) is 4.79 Å². The minimum absolute atomic E-state index is 0.0146. The van der Waals surface area contributed by atoms with Crippen LogP contribution in [-0.2, 0) is 10.4 Å². The maximum atomic E-state index is 14.0. The summed E-state index contributed by atoms with van der Waals surface area (Å²) in [6, 6.07) is 3.81. The molecule has 0 bridgehead atoms. The Morgan fingerprint density at radius 1 is 1.26 bits per heavy atom. The van der Waals surface area contributed by atoms with Crippen molar-refractivity contribution in [1.82, 2.24) is 0 Å². The monoisotopic (exact) mass is 437 g/mol. The van der Waals surface area contributed by atoms with Gasteiger partial charge in [-0.2, -0.15) is 13.2 Å². The summed E-state index contributed by atoms with van der Waals surface area (Å²) in [4.78, 5) is 16.5. The van der Waals surface area contributed by atoms with Crippen molar-refractivity contribution in [2.45, 2.75) is 32.0 Å². The Hall–Kier alpha value is -1.77. The van der Waals surface area contributed by atoms with E-state index < -0.39 is 24.2 Å². The summed E-state index contributed by atoms with van der Waals surface area (Å²) in [6.07, 6.45) is -5.42. The number of hydrogen-bond acceptors (Lipinski definition) is 4. The van der Waals surface area contributed by atoms with E-state index in [-0.39, 0.29) is 26.2 Å². The highest BCUT2D eigenvalue weighted by Gasteiger charge is 2.62. The molecule has 2 aromatic rings. The van der Waals surface area contributed by atoms with E-state index in [1.54, 1.807) is 13.8 Å². The van der Waals surface area contributed by atoms with Gasteiger partial charge in [0.05, 0.1) is 11.3 Å². The molecule has 1 N–H and O–H groups in total. The van der Waals surface area contributed by atoms with E-state index in [2.05, 4.69) is 5.16 Å². The Labute approximate surface area is 166 Å². The fourth-order valence-corrected chi connectivity index (χ4v) is 4.23. The molecule has 4 nitrogen and oxygen atoms in total. The number of carboxylic acids is 1. The third kappa shape index (κ3) is 3.30. The minimum Gasteiger partial charge on any atom is -0.477 e. The first-order valence-corrected chi connectivity index (χ1v) is 9.15. The molecule has 0 aliphatic carbocycles. The number of aryl methyl sites for hydroxylation is 1. The van der Waals surface area contributed by atoms with E-state index in [1.807, 2.05) is 0 Å². The minimum atomic E-state index is -4.80. The van der Waals surface area contributed by atoms with Gasteiger partial charge in [-0.15, -0.1) is 11.3 Å². The van der Waals surface area contributed by atoms with Crippen molar-refractivity contribution < 1.29 is 27.9 Å². The van der Waals surface area contributed by atoms with Crippen LogP contribution in [0.25, 0.3) is 0 Å². The molecule has 1 aliphatic heterocycles. The Morgan fingerprint density at radius 3 is 2.33 bits per heavy atom. The average Bonchev–Trinajstić information content (AvgIpc) is 3.16. The first-order valence-electron chi connectivity index (χ1n) is 7.58. The molecule has 0 saturated heterocycles. The lowest BCUT2D eigenvalue weighted by Gasteiger charge is -2.30. The number of alkyl halides is 3. The van der Waals surface area contributed by atoms with Crippen LogP contribution in [-0.4, -0.2) is 23.0 Å². The highest BCUT2D eigenvalue weighted by Crippen LogP contribution is 2.50. The zero-order valence-corrected chi connectivity index (χ0v) is 16.3. The number of carbonyl (C=O) groups is 1. The summed E-state index contributed by atoms with van der Waals surface area (Å²) in [6.45, 7) is 3.16. The van der Waals surface area contributed by atoms with Gasteiger partial charge in [0.25, 0.3) is 5.60 Å². The SMILES string of the molecule is Cc1cc(C2=NOC(c3cc(Cl)c(C)c(Cl)c3)(C(F)(F)F)C2)sc1C(=O)O. The van der Waals surface area contributed by atoms with Gasteiger partial charge >= 0.3 is 12.1 Å². The second-order valence-corrected chi connectivity index (χ2v) is 7.99. The molecular formula is C17H12Cl2F3NO3S. The third-order valence-electron chi connectivity index (χ3n) is 4.33. The Kier molecular flexibility index (Phi) is 4.95. The van der Waals surface area contributed by atoms with Crippen molar-refractivity contribution in [3.8, 4) is 0 Å². The fourth-order valence-electron chi connectivity index (χ4n) is 2.75. The van der Waals surface area contributed by atoms with Crippen LogP contribution in [0, 0.1) is 13.8 Å². The largest absolute Gasteiger partial charge is 0.477 e. The van der Waals surface area contributed by atoms with E-state index in [9.17, 15) is 18.0 Å². The molecule has 3 rings (SSSR count). The molecule has 10 heteroatoms. The van der Waals surface area contributed by atoms with E-state index >= 15 is 0 Å². The molecule has 1 unspecified atom stereocenters. The predicted molar refractivity (Wildman–Crippen MR) is 97.2 cm³/mol. The van der Waals surface area contributed by atoms with Crippen molar-refractivity contribution in [3.05, 3.63) is 54.7 Å². The van der Waals surface area contributed by atoms with Crippen molar-refractivity contribution in [2.24, 2.45) is 5.16 Å². The number of nitrogens with zero attached hydrogens (tertiary/aromatic N) is 1. The van der Waals surface area contributed by atoms with Crippen LogP contribution in [0.15, 0.2) is 23.4 Å². The van der Waals surface area contributed by atoms with E-state index in [1.165, 1.54) is 6.07 Å². The first-order chi connectivity index (χ1) is 12.5. The Balaban J connectivity index is 2.06. The molecule has 1 aromatic heterocycles. The van der Waals surface area contributed by atoms with Gasteiger partial charge in [0.2, 0.25) is 0 Å². The molecule has 2 heterocycles. The van der Waals surface area contributed by atoms with Crippen LogP contribution in [0.5, 0.6) is 0 Å². The van der Waals surface area contributed by atoms with Crippen LogP contribution < -0.4 is 0 Å². The maximum absolute atomic E-state index is 14.0. The summed E-state index contributed by atoms with van der Waals surface area (Å²) in [5, 5.41) is 12.9. The van der Waals surface area contributed by atoms with Crippen molar-refractivity contribution in [2.75, 3.05) is 0 Å². The maximum Gasteiger partial charge on any atom is 0.435 e. The highest BCUT2D eigenvalue weighted by atomic mass is 35.5. The molecule has 0 fully saturated rings. The van der Waals surface area contributed by atoms with E-state index in [0.717, 1.165) is 23.5 Å². The normalized spacial score (nSPS) is 19.7. The second kappa shape index (κ2) is 6.68. The lowest BCUT2D eigenvalue weighted by molar-refractivity contribution is -0.275. The number of hydrogen-bond donors (Lipinski definition) is 1. The first kappa shape index (κ1) is 20.0. The average molecular weight is 438 g/mol. The molecule has 1 aliphatic rings. The number of benzene rings is 1. The highest BCUT2D eigenvalue weighted by molar-refractivity contribution is 7.16. The quantitative estimate of drug-likeness (QED) is 0.644. The van der Waals surface area contributed by atoms with Gasteiger partial charge in [0, 0.05) is 15.6 Å². The summed E-state index contributed by atoms with van der Waals surface area (Å²) >= 11 is 12.9. The topological polar surface area (TPSA) is 58.9 Å². The summed E-state index contributed by atoms with van der Waals surface area (Å²) in [5.74, 6) is -1.15. The fraction of sp³-hybridized carbons (Fsp3) is 0.294. The zero-order chi connectivity index (χ0) is 20.1. The van der Waals surface area contributed by atoms with Gasteiger partial charge in [-0.05, 0) is 43.2 Å². The molecule has 27 heavy (non-hydrogen) atoms. The molecule has 1 aromatic carbocycles. The van der Waals surface area contributed by atoms with Crippen LogP contribution in [0.2, 0.25) is 10.0 Å². The van der Waals surface area contributed by atoms with Crippen molar-refractivity contribution in [1.29, 1.82) is 0 Å². The summed E-state index contributed by atoms with van der Waals surface area (Å²) in [7, 11) is 0. The standard InChI is InChI=1S/C17H12Cl2F3NO3S/c1-7-3-13(27-14(7)15(24)25)12-6-16(26-23-12,17(20,21)22)9-4-10(18)8(2)11(19)5-9/h3-5H,6H2,1-2H3,(H,24,25). The lowest BCUT2D eigenvalue weighted by atomic mass is 9.87. The van der Waals surface area contributed by atoms with Gasteiger partial charge in [-0.3, -0.25) is 0 Å². The lowest BCUT2D eigenvalue weighted by Crippen LogP contribution is -2.42.